The van der Waals surface area contributed by atoms with Crippen molar-refractivity contribution in [1.82, 2.24) is 4.90 Å². The summed E-state index contributed by atoms with van der Waals surface area (Å²) >= 11 is 0. The van der Waals surface area contributed by atoms with E-state index in [1.165, 1.54) is 0 Å². The number of amides is 1. The summed E-state index contributed by atoms with van der Waals surface area (Å²) in [4.78, 5) is 13.9. The largest absolute Gasteiger partial charge is 0.377 e. The summed E-state index contributed by atoms with van der Waals surface area (Å²) in [5.41, 5.74) is 0. The maximum Gasteiger partial charge on any atom is 0.225 e. The highest BCUT2D eigenvalue weighted by molar-refractivity contribution is 5.79. The Morgan fingerprint density at radius 2 is 2.00 bits per heavy atom. The fourth-order valence-electron chi connectivity index (χ4n) is 2.09. The van der Waals surface area contributed by atoms with Gasteiger partial charge in [0.2, 0.25) is 5.91 Å². The Kier molecular flexibility index (Phi) is 3.06. The maximum atomic E-state index is 12.0. The van der Waals surface area contributed by atoms with Crippen LogP contribution < -0.4 is 0 Å². The third-order valence-electron chi connectivity index (χ3n) is 3.30. The summed E-state index contributed by atoms with van der Waals surface area (Å²) in [7, 11) is 1.91. The molecule has 1 saturated heterocycles. The van der Waals surface area contributed by atoms with Gasteiger partial charge >= 0.3 is 0 Å². The summed E-state index contributed by atoms with van der Waals surface area (Å²) in [6, 6.07) is 0.341. The van der Waals surface area contributed by atoms with E-state index in [0.717, 1.165) is 38.9 Å². The van der Waals surface area contributed by atoms with Crippen LogP contribution in [0.15, 0.2) is 0 Å². The van der Waals surface area contributed by atoms with Crippen LogP contribution in [0.1, 0.15) is 25.7 Å². The lowest BCUT2D eigenvalue weighted by Crippen LogP contribution is -2.51. The van der Waals surface area contributed by atoms with Crippen molar-refractivity contribution in [2.24, 2.45) is 5.92 Å². The van der Waals surface area contributed by atoms with Crippen molar-refractivity contribution in [3.63, 3.8) is 0 Å². The Morgan fingerprint density at radius 3 is 2.50 bits per heavy atom. The number of carbonyl (C=O) groups excluding carboxylic acids is 1. The fourth-order valence-corrected chi connectivity index (χ4v) is 2.09. The number of nitrogens with zero attached hydrogens (tertiary/aromatic N) is 1. The number of rotatable bonds is 2. The molecule has 2 fully saturated rings. The molecule has 0 unspecified atom stereocenters. The molecule has 1 heterocycles. The summed E-state index contributed by atoms with van der Waals surface area (Å²) in [6.07, 6.45) is 6.57. The van der Waals surface area contributed by atoms with E-state index in [2.05, 4.69) is 6.42 Å². The monoisotopic (exact) mass is 196 g/mol. The summed E-state index contributed by atoms with van der Waals surface area (Å²) in [5, 5.41) is 0. The zero-order chi connectivity index (χ0) is 9.97. The topological polar surface area (TPSA) is 29.5 Å². The molecule has 14 heavy (non-hydrogen) atoms. The van der Waals surface area contributed by atoms with Crippen LogP contribution in [0.3, 0.4) is 0 Å². The number of ether oxygens (including phenoxy) is 1. The van der Waals surface area contributed by atoms with Crippen LogP contribution in [0.5, 0.6) is 0 Å². The van der Waals surface area contributed by atoms with Gasteiger partial charge in [0.25, 0.3) is 0 Å². The molecule has 2 aliphatic rings. The van der Waals surface area contributed by atoms with Crippen molar-refractivity contribution in [3.8, 4) is 0 Å². The van der Waals surface area contributed by atoms with E-state index in [0.29, 0.717) is 11.9 Å². The maximum absolute atomic E-state index is 12.0. The van der Waals surface area contributed by atoms with Crippen molar-refractivity contribution < 1.29 is 9.53 Å². The predicted octanol–water partition coefficient (Wildman–Crippen LogP) is 1.24. The van der Waals surface area contributed by atoms with Crippen LogP contribution in [0, 0.1) is 12.3 Å². The molecule has 1 aliphatic carbocycles. The van der Waals surface area contributed by atoms with E-state index in [-0.39, 0.29) is 5.92 Å². The Bertz CT molecular complexity index is 203. The van der Waals surface area contributed by atoms with Gasteiger partial charge < -0.3 is 9.64 Å². The van der Waals surface area contributed by atoms with Crippen LogP contribution in [0.2, 0.25) is 0 Å². The standard InChI is InChI=1S/C11H18NO2/c1-12(10-7-14-8-10)11(13)9-5-3-2-4-6-9/h2,9-10H,3-8H2,1H3. The first-order chi connectivity index (χ1) is 6.79. The average molecular weight is 196 g/mol. The van der Waals surface area contributed by atoms with Gasteiger partial charge in [-0.2, -0.15) is 0 Å². The molecule has 0 atom stereocenters. The Balaban J connectivity index is 1.85. The molecule has 1 amide bonds. The highest BCUT2D eigenvalue weighted by atomic mass is 16.5. The van der Waals surface area contributed by atoms with Crippen molar-refractivity contribution in [3.05, 3.63) is 6.42 Å². The smallest absolute Gasteiger partial charge is 0.225 e. The fraction of sp³-hybridized carbons (Fsp3) is 0.818. The van der Waals surface area contributed by atoms with E-state index in [9.17, 15) is 4.79 Å². The van der Waals surface area contributed by atoms with Crippen molar-refractivity contribution in [2.75, 3.05) is 20.3 Å². The van der Waals surface area contributed by atoms with Gasteiger partial charge in [0.1, 0.15) is 0 Å². The molecule has 1 aliphatic heterocycles. The highest BCUT2D eigenvalue weighted by Crippen LogP contribution is 2.25. The quantitative estimate of drug-likeness (QED) is 0.665. The number of carbonyl (C=O) groups is 1. The van der Waals surface area contributed by atoms with Crippen LogP contribution in [-0.2, 0) is 9.53 Å². The minimum atomic E-state index is 0.269. The minimum Gasteiger partial charge on any atom is -0.377 e. The van der Waals surface area contributed by atoms with E-state index in [1.807, 2.05) is 11.9 Å². The Morgan fingerprint density at radius 1 is 1.36 bits per heavy atom. The Hall–Kier alpha value is -0.570. The number of hydrogen-bond acceptors (Lipinski definition) is 2. The second-order valence-corrected chi connectivity index (χ2v) is 4.28. The SMILES string of the molecule is CN(C(=O)C1CC[CH]CC1)C1COC1. The van der Waals surface area contributed by atoms with Crippen molar-refractivity contribution in [2.45, 2.75) is 31.7 Å². The zero-order valence-electron chi connectivity index (χ0n) is 8.74. The predicted molar refractivity (Wildman–Crippen MR) is 53.6 cm³/mol. The van der Waals surface area contributed by atoms with Crippen LogP contribution in [0.4, 0.5) is 0 Å². The molecular formula is C11H18NO2. The lowest BCUT2D eigenvalue weighted by Gasteiger charge is -2.37. The summed E-state index contributed by atoms with van der Waals surface area (Å²) in [5.74, 6) is 0.594. The Labute approximate surface area is 85.4 Å². The number of hydrogen-bond donors (Lipinski definition) is 0. The molecule has 79 valence electrons. The molecule has 0 aromatic carbocycles. The van der Waals surface area contributed by atoms with Gasteiger partial charge in [-0.3, -0.25) is 4.79 Å². The average Bonchev–Trinajstić information content (AvgIpc) is 2.15. The first-order valence-electron chi connectivity index (χ1n) is 5.45. The molecule has 0 aromatic heterocycles. The van der Waals surface area contributed by atoms with E-state index in [4.69, 9.17) is 4.74 Å². The molecular weight excluding hydrogens is 178 g/mol. The first kappa shape index (κ1) is 9.97. The third-order valence-corrected chi connectivity index (χ3v) is 3.30. The first-order valence-corrected chi connectivity index (χ1v) is 5.45. The molecule has 0 spiro atoms. The van der Waals surface area contributed by atoms with Crippen LogP contribution in [0.25, 0.3) is 0 Å². The van der Waals surface area contributed by atoms with Crippen LogP contribution >= 0.6 is 0 Å². The minimum absolute atomic E-state index is 0.269. The van der Waals surface area contributed by atoms with Gasteiger partial charge in [0.05, 0.1) is 19.3 Å². The molecule has 1 radical (unpaired) electrons. The van der Waals surface area contributed by atoms with Gasteiger partial charge in [-0.1, -0.05) is 0 Å². The molecule has 0 aromatic rings. The lowest BCUT2D eigenvalue weighted by atomic mass is 9.88. The molecule has 3 heteroatoms. The van der Waals surface area contributed by atoms with Gasteiger partial charge in [-0.15, -0.1) is 0 Å². The number of likely N-dealkylation sites (N-methyl/N-ethyl adjacent to an activating group) is 1. The summed E-state index contributed by atoms with van der Waals surface area (Å²) < 4.78 is 5.09. The van der Waals surface area contributed by atoms with E-state index < -0.39 is 0 Å². The van der Waals surface area contributed by atoms with Gasteiger partial charge in [0, 0.05) is 13.0 Å². The van der Waals surface area contributed by atoms with Gasteiger partial charge in [0.15, 0.2) is 0 Å². The molecule has 3 nitrogen and oxygen atoms in total. The second-order valence-electron chi connectivity index (χ2n) is 4.28. The van der Waals surface area contributed by atoms with E-state index >= 15 is 0 Å². The highest BCUT2D eigenvalue weighted by Gasteiger charge is 2.31. The molecule has 0 bridgehead atoms. The molecule has 1 saturated carbocycles. The molecule has 2 rings (SSSR count). The van der Waals surface area contributed by atoms with Crippen LogP contribution in [-0.4, -0.2) is 37.1 Å². The molecule has 0 N–H and O–H groups in total. The van der Waals surface area contributed by atoms with E-state index in [1.54, 1.807) is 0 Å². The normalized spacial score (nSPS) is 24.4. The van der Waals surface area contributed by atoms with Crippen molar-refractivity contribution in [1.29, 1.82) is 0 Å². The van der Waals surface area contributed by atoms with Gasteiger partial charge in [-0.25, -0.2) is 0 Å². The van der Waals surface area contributed by atoms with Gasteiger partial charge in [-0.05, 0) is 32.1 Å². The zero-order valence-corrected chi connectivity index (χ0v) is 8.74. The summed E-state index contributed by atoms with van der Waals surface area (Å²) in [6.45, 7) is 1.45. The lowest BCUT2D eigenvalue weighted by molar-refractivity contribution is -0.146. The van der Waals surface area contributed by atoms with Crippen molar-refractivity contribution >= 4 is 5.91 Å². The third kappa shape index (κ3) is 1.92. The second kappa shape index (κ2) is 4.30.